The van der Waals surface area contributed by atoms with E-state index in [1.807, 2.05) is 0 Å². The predicted molar refractivity (Wildman–Crippen MR) is 79.8 cm³/mol. The molecule has 0 amide bonds. The molecule has 1 atom stereocenters. The first-order valence-electron chi connectivity index (χ1n) is 7.26. The first kappa shape index (κ1) is 16.9. The normalized spacial score (nSPS) is 20.9. The first-order valence-corrected chi connectivity index (χ1v) is 9.11. The van der Waals surface area contributed by atoms with Crippen LogP contribution < -0.4 is 5.32 Å². The molecule has 1 unspecified atom stereocenters. The molecule has 0 saturated carbocycles. The lowest BCUT2D eigenvalue weighted by molar-refractivity contribution is 0.107. The van der Waals surface area contributed by atoms with Gasteiger partial charge in [-0.15, -0.1) is 0 Å². The third kappa shape index (κ3) is 5.38. The van der Waals surface area contributed by atoms with Crippen LogP contribution in [0.2, 0.25) is 0 Å². The van der Waals surface area contributed by atoms with Crippen LogP contribution in [0.5, 0.6) is 0 Å². The number of rotatable bonds is 7. The van der Waals surface area contributed by atoms with Crippen LogP contribution in [0.4, 0.5) is 0 Å². The van der Waals surface area contributed by atoms with E-state index in [-0.39, 0.29) is 0 Å². The summed E-state index contributed by atoms with van der Waals surface area (Å²) in [5, 5.41) is 3.48. The fourth-order valence-corrected chi connectivity index (χ4v) is 3.41. The van der Waals surface area contributed by atoms with Crippen LogP contribution in [0.1, 0.15) is 27.2 Å². The van der Waals surface area contributed by atoms with Crippen molar-refractivity contribution in [3.8, 4) is 0 Å². The highest BCUT2D eigenvalue weighted by Gasteiger charge is 2.28. The minimum atomic E-state index is -3.03. The van der Waals surface area contributed by atoms with E-state index in [1.165, 1.54) is 6.26 Å². The average Bonchev–Trinajstić information content (AvgIpc) is 2.33. The minimum Gasteiger partial charge on any atom is -0.315 e. The maximum Gasteiger partial charge on any atom is 0.211 e. The van der Waals surface area contributed by atoms with E-state index in [0.29, 0.717) is 25.0 Å². The van der Waals surface area contributed by atoms with Crippen LogP contribution in [-0.4, -0.2) is 69.2 Å². The summed E-state index contributed by atoms with van der Waals surface area (Å²) >= 11 is 0. The van der Waals surface area contributed by atoms with Crippen molar-refractivity contribution in [1.29, 1.82) is 0 Å². The van der Waals surface area contributed by atoms with Gasteiger partial charge in [-0.25, -0.2) is 8.42 Å². The monoisotopic (exact) mass is 291 g/mol. The third-order valence-corrected chi connectivity index (χ3v) is 5.06. The quantitative estimate of drug-likeness (QED) is 0.698. The van der Waals surface area contributed by atoms with Crippen molar-refractivity contribution in [2.45, 2.75) is 33.2 Å². The van der Waals surface area contributed by atoms with Crippen LogP contribution in [0.25, 0.3) is 0 Å². The van der Waals surface area contributed by atoms with E-state index >= 15 is 0 Å². The molecule has 1 aliphatic heterocycles. The van der Waals surface area contributed by atoms with Gasteiger partial charge in [0.1, 0.15) is 0 Å². The van der Waals surface area contributed by atoms with Crippen LogP contribution >= 0.6 is 0 Å². The van der Waals surface area contributed by atoms with Gasteiger partial charge in [0.05, 0.1) is 6.26 Å². The Balaban J connectivity index is 2.50. The van der Waals surface area contributed by atoms with Crippen molar-refractivity contribution in [2.24, 2.45) is 5.92 Å². The summed E-state index contributed by atoms with van der Waals surface area (Å²) < 4.78 is 24.6. The summed E-state index contributed by atoms with van der Waals surface area (Å²) in [6.45, 7) is 11.6. The van der Waals surface area contributed by atoms with Crippen molar-refractivity contribution < 1.29 is 8.42 Å². The van der Waals surface area contributed by atoms with Gasteiger partial charge in [0, 0.05) is 38.8 Å². The Morgan fingerprint density at radius 3 is 2.16 bits per heavy atom. The lowest BCUT2D eigenvalue weighted by atomic mass is 10.0. The molecule has 0 aromatic carbocycles. The van der Waals surface area contributed by atoms with Crippen molar-refractivity contribution in [3.05, 3.63) is 0 Å². The molecule has 1 heterocycles. The van der Waals surface area contributed by atoms with Gasteiger partial charge in [-0.2, -0.15) is 4.31 Å². The molecule has 1 fully saturated rings. The molecule has 0 aromatic rings. The van der Waals surface area contributed by atoms with Gasteiger partial charge in [-0.1, -0.05) is 20.8 Å². The molecule has 1 rings (SSSR count). The molecule has 0 aliphatic carbocycles. The van der Waals surface area contributed by atoms with E-state index in [1.54, 1.807) is 4.31 Å². The highest BCUT2D eigenvalue weighted by Crippen LogP contribution is 2.14. The molecule has 1 N–H and O–H groups in total. The standard InChI is InChI=1S/C13H29N3O2S/c1-5-6-14-11-13(12(2)3)15-7-9-16(10-8-15)19(4,17)18/h12-14H,5-11H2,1-4H3. The van der Waals surface area contributed by atoms with Crippen molar-refractivity contribution in [3.63, 3.8) is 0 Å². The highest BCUT2D eigenvalue weighted by molar-refractivity contribution is 7.88. The lowest BCUT2D eigenvalue weighted by Crippen LogP contribution is -2.55. The fourth-order valence-electron chi connectivity index (χ4n) is 2.58. The lowest BCUT2D eigenvalue weighted by Gasteiger charge is -2.40. The van der Waals surface area contributed by atoms with Gasteiger partial charge >= 0.3 is 0 Å². The van der Waals surface area contributed by atoms with Crippen LogP contribution in [-0.2, 0) is 10.0 Å². The van der Waals surface area contributed by atoms with Crippen LogP contribution in [0.3, 0.4) is 0 Å². The molecule has 19 heavy (non-hydrogen) atoms. The first-order chi connectivity index (χ1) is 8.86. The molecule has 0 radical (unpaired) electrons. The Kier molecular flexibility index (Phi) is 6.73. The summed E-state index contributed by atoms with van der Waals surface area (Å²) in [6, 6.07) is 0.494. The molecule has 0 bridgehead atoms. The Morgan fingerprint density at radius 1 is 1.16 bits per heavy atom. The fraction of sp³-hybridized carbons (Fsp3) is 1.00. The number of hydrogen-bond acceptors (Lipinski definition) is 4. The second-order valence-electron chi connectivity index (χ2n) is 5.71. The second-order valence-corrected chi connectivity index (χ2v) is 7.70. The molecule has 114 valence electrons. The van der Waals surface area contributed by atoms with Crippen molar-refractivity contribution >= 4 is 10.0 Å². The largest absolute Gasteiger partial charge is 0.315 e. The zero-order chi connectivity index (χ0) is 14.5. The summed E-state index contributed by atoms with van der Waals surface area (Å²) in [4.78, 5) is 2.43. The number of hydrogen-bond donors (Lipinski definition) is 1. The molecule has 5 nitrogen and oxygen atoms in total. The van der Waals surface area contributed by atoms with Gasteiger partial charge < -0.3 is 5.32 Å². The molecule has 1 saturated heterocycles. The Bertz CT molecular complexity index is 349. The van der Waals surface area contributed by atoms with E-state index < -0.39 is 10.0 Å². The zero-order valence-corrected chi connectivity index (χ0v) is 13.5. The summed E-state index contributed by atoms with van der Waals surface area (Å²) in [7, 11) is -3.03. The zero-order valence-electron chi connectivity index (χ0n) is 12.7. The van der Waals surface area contributed by atoms with Crippen molar-refractivity contribution in [1.82, 2.24) is 14.5 Å². The Labute approximate surface area is 118 Å². The van der Waals surface area contributed by atoms with Gasteiger partial charge in [-0.05, 0) is 18.9 Å². The number of nitrogens with zero attached hydrogens (tertiary/aromatic N) is 2. The minimum absolute atomic E-state index is 0.494. The second kappa shape index (κ2) is 7.57. The van der Waals surface area contributed by atoms with Gasteiger partial charge in [-0.3, -0.25) is 4.90 Å². The molecular weight excluding hydrogens is 262 g/mol. The number of sulfonamides is 1. The summed E-state index contributed by atoms with van der Waals surface area (Å²) in [5.74, 6) is 0.578. The van der Waals surface area contributed by atoms with E-state index in [9.17, 15) is 8.42 Å². The average molecular weight is 291 g/mol. The molecule has 0 aromatic heterocycles. The topological polar surface area (TPSA) is 52.6 Å². The summed E-state index contributed by atoms with van der Waals surface area (Å²) in [6.07, 6.45) is 2.44. The maximum atomic E-state index is 11.5. The van der Waals surface area contributed by atoms with E-state index in [4.69, 9.17) is 0 Å². The third-order valence-electron chi connectivity index (χ3n) is 3.76. The SMILES string of the molecule is CCCNCC(C(C)C)N1CCN(S(C)(=O)=O)CC1. The number of nitrogens with one attached hydrogen (secondary N) is 1. The van der Waals surface area contributed by atoms with Crippen molar-refractivity contribution in [2.75, 3.05) is 45.5 Å². The van der Waals surface area contributed by atoms with Gasteiger partial charge in [0.25, 0.3) is 0 Å². The molecular formula is C13H29N3O2S. The van der Waals surface area contributed by atoms with Gasteiger partial charge in [0.2, 0.25) is 10.0 Å². The highest BCUT2D eigenvalue weighted by atomic mass is 32.2. The Hall–Kier alpha value is -0.170. The summed E-state index contributed by atoms with van der Waals surface area (Å²) in [5.41, 5.74) is 0. The van der Waals surface area contributed by atoms with Crippen LogP contribution in [0, 0.1) is 5.92 Å². The van der Waals surface area contributed by atoms with Crippen LogP contribution in [0.15, 0.2) is 0 Å². The number of piperazine rings is 1. The molecule has 0 spiro atoms. The molecule has 1 aliphatic rings. The van der Waals surface area contributed by atoms with E-state index in [2.05, 4.69) is 31.0 Å². The van der Waals surface area contributed by atoms with Gasteiger partial charge in [0.15, 0.2) is 0 Å². The predicted octanol–water partition coefficient (Wildman–Crippen LogP) is 0.588. The molecule has 6 heteroatoms. The maximum absolute atomic E-state index is 11.5. The smallest absolute Gasteiger partial charge is 0.211 e. The Morgan fingerprint density at radius 2 is 1.74 bits per heavy atom. The van der Waals surface area contributed by atoms with E-state index in [0.717, 1.165) is 32.6 Å².